The fourth-order valence-electron chi connectivity index (χ4n) is 4.24. The quantitative estimate of drug-likeness (QED) is 0.511. The van der Waals surface area contributed by atoms with Gasteiger partial charge in [-0.15, -0.1) is 0 Å². The van der Waals surface area contributed by atoms with Crippen LogP contribution < -0.4 is 4.74 Å². The zero-order chi connectivity index (χ0) is 22.0. The van der Waals surface area contributed by atoms with E-state index in [1.807, 2.05) is 18.7 Å². The molecule has 4 rings (SSSR count). The number of aromatic amines is 1. The van der Waals surface area contributed by atoms with E-state index in [4.69, 9.17) is 16.3 Å². The summed E-state index contributed by atoms with van der Waals surface area (Å²) < 4.78 is 19.2. The molecule has 0 saturated carbocycles. The third-order valence-electron chi connectivity index (χ3n) is 5.75. The van der Waals surface area contributed by atoms with Crippen molar-refractivity contribution in [2.75, 3.05) is 6.54 Å². The van der Waals surface area contributed by atoms with E-state index in [0.29, 0.717) is 28.6 Å². The highest BCUT2D eigenvalue weighted by Gasteiger charge is 2.32. The van der Waals surface area contributed by atoms with E-state index >= 15 is 0 Å². The van der Waals surface area contributed by atoms with Gasteiger partial charge in [0.25, 0.3) is 5.91 Å². The molecule has 1 fully saturated rings. The summed E-state index contributed by atoms with van der Waals surface area (Å²) in [5, 5.41) is 7.85. The molecule has 2 aromatic carbocycles. The van der Waals surface area contributed by atoms with Gasteiger partial charge in [-0.2, -0.15) is 5.10 Å². The van der Waals surface area contributed by atoms with E-state index in [0.717, 1.165) is 42.6 Å². The Morgan fingerprint density at radius 1 is 1.16 bits per heavy atom. The second-order valence-corrected chi connectivity index (χ2v) is 8.34. The summed E-state index contributed by atoms with van der Waals surface area (Å²) in [5.41, 5.74) is 3.37. The van der Waals surface area contributed by atoms with Gasteiger partial charge in [-0.1, -0.05) is 24.4 Å². The van der Waals surface area contributed by atoms with Crippen molar-refractivity contribution in [1.29, 1.82) is 0 Å². The lowest BCUT2D eigenvalue weighted by Crippen LogP contribution is -2.35. The number of hydrogen-bond acceptors (Lipinski definition) is 3. The Balaban J connectivity index is 1.71. The van der Waals surface area contributed by atoms with E-state index < -0.39 is 0 Å². The SMILES string of the molecule is Cc1n[nH]c(C)c1C1CCCCCN1C(=O)c1cc(Cl)ccc1Oc1ccc(F)cc1. The predicted molar refractivity (Wildman–Crippen MR) is 118 cm³/mol. The number of likely N-dealkylation sites (tertiary alicyclic amines) is 1. The average Bonchev–Trinajstić information content (AvgIpc) is 2.94. The van der Waals surface area contributed by atoms with Gasteiger partial charge in [0.15, 0.2) is 0 Å². The number of H-pyrrole nitrogens is 1. The first-order valence-corrected chi connectivity index (χ1v) is 10.9. The zero-order valence-electron chi connectivity index (χ0n) is 17.6. The standard InChI is InChI=1S/C24H25ClFN3O2/c1-15-23(16(2)28-27-15)21-6-4-3-5-13-29(21)24(30)20-14-17(25)7-12-22(20)31-19-10-8-18(26)9-11-19/h7-12,14,21H,3-6,13H2,1-2H3,(H,27,28). The highest BCUT2D eigenvalue weighted by Crippen LogP contribution is 2.36. The number of nitrogens with zero attached hydrogens (tertiary/aromatic N) is 2. The highest BCUT2D eigenvalue weighted by molar-refractivity contribution is 6.31. The van der Waals surface area contributed by atoms with Crippen LogP contribution in [0.25, 0.3) is 0 Å². The van der Waals surface area contributed by atoms with Gasteiger partial charge in [0, 0.05) is 22.8 Å². The molecule has 1 aliphatic rings. The molecule has 0 bridgehead atoms. The molecule has 1 atom stereocenters. The molecule has 1 amide bonds. The maximum Gasteiger partial charge on any atom is 0.258 e. The van der Waals surface area contributed by atoms with Gasteiger partial charge in [0.05, 0.1) is 17.3 Å². The van der Waals surface area contributed by atoms with E-state index in [2.05, 4.69) is 10.2 Å². The summed E-state index contributed by atoms with van der Waals surface area (Å²) in [6, 6.07) is 10.6. The number of aromatic nitrogens is 2. The van der Waals surface area contributed by atoms with Crippen LogP contribution >= 0.6 is 11.6 Å². The van der Waals surface area contributed by atoms with Crippen LogP contribution in [0.5, 0.6) is 11.5 Å². The summed E-state index contributed by atoms with van der Waals surface area (Å²) in [4.78, 5) is 15.7. The summed E-state index contributed by atoms with van der Waals surface area (Å²) in [7, 11) is 0. The average molecular weight is 442 g/mol. The second-order valence-electron chi connectivity index (χ2n) is 7.91. The van der Waals surface area contributed by atoms with Crippen LogP contribution in [0.2, 0.25) is 5.02 Å². The molecule has 0 spiro atoms. The molecule has 0 aliphatic carbocycles. The maximum absolute atomic E-state index is 13.8. The van der Waals surface area contributed by atoms with Crippen molar-refractivity contribution in [2.45, 2.75) is 45.6 Å². The van der Waals surface area contributed by atoms with Gasteiger partial charge < -0.3 is 9.64 Å². The zero-order valence-corrected chi connectivity index (χ0v) is 18.4. The van der Waals surface area contributed by atoms with Gasteiger partial charge in [-0.3, -0.25) is 9.89 Å². The molecule has 162 valence electrons. The van der Waals surface area contributed by atoms with Crippen molar-refractivity contribution in [3.8, 4) is 11.5 Å². The molecule has 2 heterocycles. The first-order chi connectivity index (χ1) is 14.9. The highest BCUT2D eigenvalue weighted by atomic mass is 35.5. The van der Waals surface area contributed by atoms with Gasteiger partial charge >= 0.3 is 0 Å². The monoisotopic (exact) mass is 441 g/mol. The fraction of sp³-hybridized carbons (Fsp3) is 0.333. The van der Waals surface area contributed by atoms with Gasteiger partial charge in [0.1, 0.15) is 17.3 Å². The number of benzene rings is 2. The van der Waals surface area contributed by atoms with Crippen molar-refractivity contribution >= 4 is 17.5 Å². The Hall–Kier alpha value is -2.86. The number of carbonyl (C=O) groups is 1. The fourth-order valence-corrected chi connectivity index (χ4v) is 4.42. The lowest BCUT2D eigenvalue weighted by atomic mass is 9.98. The summed E-state index contributed by atoms with van der Waals surface area (Å²) >= 11 is 6.25. The molecule has 1 aromatic heterocycles. The van der Waals surface area contributed by atoms with Crippen molar-refractivity contribution in [1.82, 2.24) is 15.1 Å². The molecule has 1 aliphatic heterocycles. The molecular weight excluding hydrogens is 417 g/mol. The third kappa shape index (κ3) is 4.59. The molecule has 0 radical (unpaired) electrons. The van der Waals surface area contributed by atoms with Gasteiger partial charge in [-0.05, 0) is 69.2 Å². The number of nitrogens with one attached hydrogen (secondary N) is 1. The van der Waals surface area contributed by atoms with E-state index in [9.17, 15) is 9.18 Å². The minimum absolute atomic E-state index is 0.0635. The lowest BCUT2D eigenvalue weighted by molar-refractivity contribution is 0.0677. The van der Waals surface area contributed by atoms with E-state index in [-0.39, 0.29) is 17.8 Å². The largest absolute Gasteiger partial charge is 0.457 e. The van der Waals surface area contributed by atoms with Crippen molar-refractivity contribution in [2.24, 2.45) is 0 Å². The molecule has 1 unspecified atom stereocenters. The van der Waals surface area contributed by atoms with Crippen LogP contribution in [0.15, 0.2) is 42.5 Å². The Labute approximate surface area is 186 Å². The first-order valence-electron chi connectivity index (χ1n) is 10.5. The van der Waals surface area contributed by atoms with Crippen molar-refractivity contribution in [3.63, 3.8) is 0 Å². The minimum atomic E-state index is -0.349. The Morgan fingerprint density at radius 2 is 1.94 bits per heavy atom. The smallest absolute Gasteiger partial charge is 0.258 e. The molecule has 5 nitrogen and oxygen atoms in total. The maximum atomic E-state index is 13.8. The number of carbonyl (C=O) groups excluding carboxylic acids is 1. The van der Waals surface area contributed by atoms with Crippen LogP contribution in [0.1, 0.15) is 59.0 Å². The van der Waals surface area contributed by atoms with Crippen LogP contribution in [0, 0.1) is 19.7 Å². The predicted octanol–water partition coefficient (Wildman–Crippen LogP) is 6.37. The Kier molecular flexibility index (Phi) is 6.28. The summed E-state index contributed by atoms with van der Waals surface area (Å²) in [6.45, 7) is 4.61. The summed E-state index contributed by atoms with van der Waals surface area (Å²) in [5.74, 6) is 0.362. The number of rotatable bonds is 4. The van der Waals surface area contributed by atoms with Gasteiger partial charge in [-0.25, -0.2) is 4.39 Å². The number of amides is 1. The van der Waals surface area contributed by atoms with Crippen LogP contribution in [0.4, 0.5) is 4.39 Å². The van der Waals surface area contributed by atoms with Crippen molar-refractivity contribution < 1.29 is 13.9 Å². The minimum Gasteiger partial charge on any atom is -0.457 e. The van der Waals surface area contributed by atoms with Crippen LogP contribution in [-0.2, 0) is 0 Å². The Bertz CT molecular complexity index is 1060. The molecule has 1 saturated heterocycles. The van der Waals surface area contributed by atoms with Crippen LogP contribution in [-0.4, -0.2) is 27.5 Å². The van der Waals surface area contributed by atoms with Crippen LogP contribution in [0.3, 0.4) is 0 Å². The van der Waals surface area contributed by atoms with E-state index in [1.165, 1.54) is 24.3 Å². The Morgan fingerprint density at radius 3 is 2.65 bits per heavy atom. The third-order valence-corrected chi connectivity index (χ3v) is 5.98. The molecule has 1 N–H and O–H groups in total. The van der Waals surface area contributed by atoms with E-state index in [1.54, 1.807) is 18.2 Å². The molecule has 31 heavy (non-hydrogen) atoms. The molecule has 3 aromatic rings. The normalized spacial score (nSPS) is 16.8. The summed E-state index contributed by atoms with van der Waals surface area (Å²) in [6.07, 6.45) is 3.94. The first kappa shape index (κ1) is 21.4. The number of aryl methyl sites for hydroxylation is 2. The van der Waals surface area contributed by atoms with Gasteiger partial charge in [0.2, 0.25) is 0 Å². The molecule has 7 heteroatoms. The second kappa shape index (κ2) is 9.10. The topological polar surface area (TPSA) is 58.2 Å². The number of hydrogen-bond donors (Lipinski definition) is 1. The number of ether oxygens (including phenoxy) is 1. The van der Waals surface area contributed by atoms with Crippen molar-refractivity contribution in [3.05, 3.63) is 75.8 Å². The molecular formula is C24H25ClFN3O2. The lowest BCUT2D eigenvalue weighted by Gasteiger charge is -2.31. The number of halogens is 2.